The number of hydrogen-bond acceptors (Lipinski definition) is 6. The van der Waals surface area contributed by atoms with E-state index in [9.17, 15) is 5.11 Å². The average Bonchev–Trinajstić information content (AvgIpc) is 3.31. The van der Waals surface area contributed by atoms with E-state index in [2.05, 4.69) is 30.6 Å². The van der Waals surface area contributed by atoms with Gasteiger partial charge in [-0.1, -0.05) is 0 Å². The van der Waals surface area contributed by atoms with Crippen LogP contribution in [0.15, 0.2) is 21.8 Å². The monoisotopic (exact) mass is 559 g/mol. The Kier molecular flexibility index (Phi) is 9.96. The highest BCUT2D eigenvalue weighted by Crippen LogP contribution is 2.21. The third-order valence-electron chi connectivity index (χ3n) is 5.91. The quantitative estimate of drug-likeness (QED) is 0.259. The maximum absolute atomic E-state index is 10.8. The highest BCUT2D eigenvalue weighted by Gasteiger charge is 2.25. The highest BCUT2D eigenvalue weighted by molar-refractivity contribution is 14.0. The number of aliphatic hydroxyl groups is 1. The van der Waals surface area contributed by atoms with Crippen molar-refractivity contribution in [3.8, 4) is 0 Å². The molecule has 1 aliphatic heterocycles. The van der Waals surface area contributed by atoms with E-state index >= 15 is 0 Å². The van der Waals surface area contributed by atoms with Gasteiger partial charge >= 0.3 is 0 Å². The van der Waals surface area contributed by atoms with Gasteiger partial charge in [-0.25, -0.2) is 9.98 Å². The molecule has 2 aromatic rings. The van der Waals surface area contributed by atoms with Gasteiger partial charge in [0, 0.05) is 31.9 Å². The summed E-state index contributed by atoms with van der Waals surface area (Å²) in [6, 6.07) is 0. The van der Waals surface area contributed by atoms with Crippen LogP contribution in [0.5, 0.6) is 0 Å². The van der Waals surface area contributed by atoms with Crippen LogP contribution in [-0.2, 0) is 19.2 Å². The molecule has 1 fully saturated rings. The fourth-order valence-corrected chi connectivity index (χ4v) is 3.75. The minimum atomic E-state index is -1.06. The standard InChI is InChI=1S/C22H37N7O2.HI/c1-6-23-21(25-15-22(4,30)19-12-26-28(5)13-19)24-11-18-7-9-29(10-8-18)14-20-27-16(2)17(3)31-20;/h12-13,18,30H,6-11,14-15H2,1-5H3,(H2,23,24,25);1H. The van der Waals surface area contributed by atoms with Gasteiger partial charge in [-0.15, -0.1) is 24.0 Å². The van der Waals surface area contributed by atoms with Gasteiger partial charge in [0.05, 0.1) is 25.0 Å². The molecule has 180 valence electrons. The number of piperidine rings is 1. The van der Waals surface area contributed by atoms with E-state index in [-0.39, 0.29) is 30.5 Å². The number of guanidine groups is 1. The third kappa shape index (κ3) is 7.45. The van der Waals surface area contributed by atoms with Crippen molar-refractivity contribution in [2.45, 2.75) is 52.7 Å². The van der Waals surface area contributed by atoms with Gasteiger partial charge < -0.3 is 20.2 Å². The molecule has 10 heteroatoms. The topological polar surface area (TPSA) is 104 Å². The Hall–Kier alpha value is -1.66. The second-order valence-corrected chi connectivity index (χ2v) is 8.72. The molecule has 0 radical (unpaired) electrons. The molecular formula is C22H38IN7O2. The first-order valence-electron chi connectivity index (χ1n) is 11.2. The molecule has 1 unspecified atom stereocenters. The third-order valence-corrected chi connectivity index (χ3v) is 5.91. The van der Waals surface area contributed by atoms with Crippen molar-refractivity contribution in [1.82, 2.24) is 30.3 Å². The lowest BCUT2D eigenvalue weighted by molar-refractivity contribution is 0.0671. The normalized spacial score (nSPS) is 17.6. The molecule has 0 bridgehead atoms. The molecule has 3 N–H and O–H groups in total. The number of aryl methyl sites for hydroxylation is 3. The lowest BCUT2D eigenvalue weighted by Crippen LogP contribution is -2.43. The molecule has 3 rings (SSSR count). The number of halogens is 1. The summed E-state index contributed by atoms with van der Waals surface area (Å²) < 4.78 is 7.41. The predicted octanol–water partition coefficient (Wildman–Crippen LogP) is 2.32. The Morgan fingerprint density at radius 2 is 2.03 bits per heavy atom. The van der Waals surface area contributed by atoms with Crippen LogP contribution in [0.2, 0.25) is 0 Å². The molecule has 0 saturated carbocycles. The van der Waals surface area contributed by atoms with Crippen molar-refractivity contribution in [3.05, 3.63) is 35.3 Å². The summed E-state index contributed by atoms with van der Waals surface area (Å²) in [5, 5.41) is 21.6. The van der Waals surface area contributed by atoms with Gasteiger partial charge in [0.2, 0.25) is 5.89 Å². The van der Waals surface area contributed by atoms with Crippen molar-refractivity contribution in [2.75, 3.05) is 32.7 Å². The van der Waals surface area contributed by atoms with E-state index in [1.54, 1.807) is 17.8 Å². The van der Waals surface area contributed by atoms with E-state index in [1.165, 1.54) is 0 Å². The molecule has 1 atom stereocenters. The number of aliphatic imine (C=N–C) groups is 1. The Morgan fingerprint density at radius 3 is 2.59 bits per heavy atom. The van der Waals surface area contributed by atoms with Gasteiger partial charge in [0.15, 0.2) is 5.96 Å². The molecule has 0 aliphatic carbocycles. The smallest absolute Gasteiger partial charge is 0.208 e. The first kappa shape index (κ1) is 26.6. The molecule has 0 amide bonds. The zero-order valence-corrected chi connectivity index (χ0v) is 22.2. The Morgan fingerprint density at radius 1 is 1.31 bits per heavy atom. The Balaban J connectivity index is 0.00000363. The summed E-state index contributed by atoms with van der Waals surface area (Å²) in [6.45, 7) is 12.5. The van der Waals surface area contributed by atoms with Crippen molar-refractivity contribution in [1.29, 1.82) is 0 Å². The minimum absolute atomic E-state index is 0. The number of likely N-dealkylation sites (tertiary alicyclic amines) is 1. The van der Waals surface area contributed by atoms with Gasteiger partial charge in [0.1, 0.15) is 11.4 Å². The molecule has 9 nitrogen and oxygen atoms in total. The molecule has 0 spiro atoms. The molecule has 1 aliphatic rings. The molecule has 32 heavy (non-hydrogen) atoms. The number of nitrogens with one attached hydrogen (secondary N) is 2. The number of oxazole rings is 1. The maximum atomic E-state index is 10.8. The van der Waals surface area contributed by atoms with E-state index in [0.29, 0.717) is 5.92 Å². The fourth-order valence-electron chi connectivity index (χ4n) is 3.75. The zero-order valence-electron chi connectivity index (χ0n) is 19.9. The number of rotatable bonds is 8. The molecule has 3 heterocycles. The summed E-state index contributed by atoms with van der Waals surface area (Å²) in [4.78, 5) is 11.5. The first-order valence-corrected chi connectivity index (χ1v) is 11.2. The summed E-state index contributed by atoms with van der Waals surface area (Å²) >= 11 is 0. The Bertz CT molecular complexity index is 850. The Labute approximate surface area is 208 Å². The molecule has 2 aromatic heterocycles. The molecular weight excluding hydrogens is 521 g/mol. The highest BCUT2D eigenvalue weighted by atomic mass is 127. The van der Waals surface area contributed by atoms with Crippen LogP contribution in [0, 0.1) is 19.8 Å². The first-order chi connectivity index (χ1) is 14.8. The van der Waals surface area contributed by atoms with Gasteiger partial charge in [0.25, 0.3) is 0 Å². The summed E-state index contributed by atoms with van der Waals surface area (Å²) in [5.41, 5.74) is 0.684. The number of hydrogen-bond donors (Lipinski definition) is 3. The fraction of sp³-hybridized carbons (Fsp3) is 0.682. The van der Waals surface area contributed by atoms with Crippen molar-refractivity contribution in [2.24, 2.45) is 18.0 Å². The summed E-state index contributed by atoms with van der Waals surface area (Å²) in [7, 11) is 1.84. The number of aromatic nitrogens is 3. The van der Waals surface area contributed by atoms with Crippen molar-refractivity contribution >= 4 is 29.9 Å². The van der Waals surface area contributed by atoms with Crippen molar-refractivity contribution in [3.63, 3.8) is 0 Å². The number of nitrogens with zero attached hydrogens (tertiary/aromatic N) is 5. The molecule has 1 saturated heterocycles. The lowest BCUT2D eigenvalue weighted by Gasteiger charge is -2.31. The SMILES string of the molecule is CCNC(=NCC(C)(O)c1cnn(C)c1)NCC1CCN(Cc2nc(C)c(C)o2)CC1.I. The van der Waals surface area contributed by atoms with E-state index in [0.717, 1.165) is 74.4 Å². The zero-order chi connectivity index (χ0) is 22.4. The van der Waals surface area contributed by atoms with Crippen LogP contribution in [0.3, 0.4) is 0 Å². The van der Waals surface area contributed by atoms with Crippen LogP contribution in [0.4, 0.5) is 0 Å². The van der Waals surface area contributed by atoms with E-state index in [4.69, 9.17) is 4.42 Å². The average molecular weight is 559 g/mol. The van der Waals surface area contributed by atoms with Gasteiger partial charge in [-0.05, 0) is 59.5 Å². The largest absolute Gasteiger partial charge is 0.444 e. The van der Waals surface area contributed by atoms with Gasteiger partial charge in [-0.3, -0.25) is 9.58 Å². The summed E-state index contributed by atoms with van der Waals surface area (Å²) in [5.74, 6) is 3.05. The second-order valence-electron chi connectivity index (χ2n) is 8.72. The van der Waals surface area contributed by atoms with Crippen LogP contribution >= 0.6 is 24.0 Å². The van der Waals surface area contributed by atoms with Crippen LogP contribution < -0.4 is 10.6 Å². The van der Waals surface area contributed by atoms with E-state index in [1.807, 2.05) is 34.0 Å². The summed E-state index contributed by atoms with van der Waals surface area (Å²) in [6.07, 6.45) is 5.76. The molecule has 0 aromatic carbocycles. The predicted molar refractivity (Wildman–Crippen MR) is 136 cm³/mol. The maximum Gasteiger partial charge on any atom is 0.208 e. The van der Waals surface area contributed by atoms with Crippen LogP contribution in [-0.4, -0.2) is 63.5 Å². The lowest BCUT2D eigenvalue weighted by atomic mass is 9.97. The van der Waals surface area contributed by atoms with Crippen LogP contribution in [0.1, 0.15) is 49.6 Å². The van der Waals surface area contributed by atoms with Gasteiger partial charge in [-0.2, -0.15) is 5.10 Å². The second kappa shape index (κ2) is 12.0. The van der Waals surface area contributed by atoms with E-state index < -0.39 is 5.60 Å². The van der Waals surface area contributed by atoms with Crippen molar-refractivity contribution < 1.29 is 9.52 Å². The van der Waals surface area contributed by atoms with Crippen LogP contribution in [0.25, 0.3) is 0 Å². The minimum Gasteiger partial charge on any atom is -0.444 e.